The lowest BCUT2D eigenvalue weighted by atomic mass is 9.98. The van der Waals surface area contributed by atoms with Crippen molar-refractivity contribution in [1.82, 2.24) is 0 Å². The van der Waals surface area contributed by atoms with E-state index in [1.807, 2.05) is 18.2 Å². The van der Waals surface area contributed by atoms with E-state index in [9.17, 15) is 0 Å². The number of guanidine groups is 3. The molecule has 0 aromatic heterocycles. The first-order valence-corrected chi connectivity index (χ1v) is 7.66. The average Bonchev–Trinajstić information content (AvgIpc) is 2.61. The predicted molar refractivity (Wildman–Crippen MR) is 111 cm³/mol. The van der Waals surface area contributed by atoms with Crippen molar-refractivity contribution in [2.45, 2.75) is 20.8 Å². The molecule has 27 heavy (non-hydrogen) atoms. The van der Waals surface area contributed by atoms with Crippen LogP contribution in [0.2, 0.25) is 0 Å². The molecule has 12 heteroatoms. The fourth-order valence-electron chi connectivity index (χ4n) is 1.83. The molecule has 144 valence electrons. The van der Waals surface area contributed by atoms with Gasteiger partial charge in [0, 0.05) is 0 Å². The second-order valence-corrected chi connectivity index (χ2v) is 5.43. The number of hydrogen-bond acceptors (Lipinski definition) is 6. The van der Waals surface area contributed by atoms with Gasteiger partial charge in [0.05, 0.1) is 17.1 Å². The van der Waals surface area contributed by atoms with E-state index in [-0.39, 0.29) is 17.9 Å². The third-order valence-corrected chi connectivity index (χ3v) is 3.13. The predicted octanol–water partition coefficient (Wildman–Crippen LogP) is -1.32. The molecule has 0 unspecified atom stereocenters. The van der Waals surface area contributed by atoms with Gasteiger partial charge in [-0.1, -0.05) is 0 Å². The van der Waals surface area contributed by atoms with E-state index >= 15 is 0 Å². The summed E-state index contributed by atoms with van der Waals surface area (Å²) in [5.41, 5.74) is 35.8. The molecule has 0 aliphatic carbocycles. The molecule has 12 N–H and O–H groups in total. The van der Waals surface area contributed by atoms with Crippen LogP contribution in [0.1, 0.15) is 37.5 Å². The Hall–Kier alpha value is -3.96. The zero-order valence-electron chi connectivity index (χ0n) is 15.4. The zero-order chi connectivity index (χ0) is 20.6. The first kappa shape index (κ1) is 21.1. The summed E-state index contributed by atoms with van der Waals surface area (Å²) in [6.45, 7) is 5.25. The Balaban J connectivity index is 3.56. The van der Waals surface area contributed by atoms with Crippen molar-refractivity contribution in [1.29, 1.82) is 0 Å². The summed E-state index contributed by atoms with van der Waals surface area (Å²) >= 11 is 0. The molecule has 1 rings (SSSR count). The molecule has 0 spiro atoms. The summed E-state index contributed by atoms with van der Waals surface area (Å²) in [7, 11) is 0. The van der Waals surface area contributed by atoms with Gasteiger partial charge in [0.2, 0.25) is 17.9 Å². The van der Waals surface area contributed by atoms with Crippen LogP contribution in [0.25, 0.3) is 0 Å². The zero-order valence-corrected chi connectivity index (χ0v) is 15.4. The van der Waals surface area contributed by atoms with Crippen LogP contribution in [0.15, 0.2) is 48.8 Å². The SMILES string of the molecule is C/C(=N\N=C(N)N)c1cc(/C(C)=N/N=C(N)N)cc(/C(C)=N/N=C(N)N)c1. The topological polar surface area (TPSA) is 230 Å². The van der Waals surface area contributed by atoms with E-state index in [0.717, 1.165) is 16.7 Å². The summed E-state index contributed by atoms with van der Waals surface area (Å²) in [5.74, 6) is -0.454. The minimum absolute atomic E-state index is 0.151. The molecule has 12 nitrogen and oxygen atoms in total. The van der Waals surface area contributed by atoms with Crippen molar-refractivity contribution in [3.63, 3.8) is 0 Å². The fourth-order valence-corrected chi connectivity index (χ4v) is 1.83. The lowest BCUT2D eigenvalue weighted by Crippen LogP contribution is -2.22. The van der Waals surface area contributed by atoms with Crippen molar-refractivity contribution in [3.8, 4) is 0 Å². The maximum absolute atomic E-state index is 5.32. The first-order valence-electron chi connectivity index (χ1n) is 7.66. The molecule has 0 bridgehead atoms. The van der Waals surface area contributed by atoms with Crippen molar-refractivity contribution in [3.05, 3.63) is 34.9 Å². The van der Waals surface area contributed by atoms with E-state index in [1.54, 1.807) is 20.8 Å². The maximum Gasteiger partial charge on any atom is 0.211 e. The minimum atomic E-state index is -0.151. The molecule has 0 radical (unpaired) electrons. The number of rotatable bonds is 6. The van der Waals surface area contributed by atoms with Gasteiger partial charge in [-0.3, -0.25) is 0 Å². The maximum atomic E-state index is 5.32. The third-order valence-electron chi connectivity index (χ3n) is 3.13. The lowest BCUT2D eigenvalue weighted by molar-refractivity contribution is 1.19. The Bertz CT molecular complexity index is 734. The molecule has 0 heterocycles. The van der Waals surface area contributed by atoms with Gasteiger partial charge in [-0.25, -0.2) is 0 Å². The smallest absolute Gasteiger partial charge is 0.211 e. The van der Waals surface area contributed by atoms with E-state index < -0.39 is 0 Å². The summed E-state index contributed by atoms with van der Waals surface area (Å²) in [6, 6.07) is 5.50. The van der Waals surface area contributed by atoms with Crippen LogP contribution >= 0.6 is 0 Å². The fraction of sp³-hybridized carbons (Fsp3) is 0.200. The van der Waals surface area contributed by atoms with Crippen molar-refractivity contribution in [2.24, 2.45) is 65.0 Å². The van der Waals surface area contributed by atoms with Crippen LogP contribution in [-0.4, -0.2) is 35.0 Å². The van der Waals surface area contributed by atoms with Crippen LogP contribution in [0, 0.1) is 0 Å². The summed E-state index contributed by atoms with van der Waals surface area (Å²) < 4.78 is 0. The molecular formula is C15H24N12. The molecule has 0 saturated heterocycles. The van der Waals surface area contributed by atoms with Crippen LogP contribution in [0.4, 0.5) is 0 Å². The summed E-state index contributed by atoms with van der Waals surface area (Å²) in [5, 5.41) is 22.9. The second kappa shape index (κ2) is 9.50. The highest BCUT2D eigenvalue weighted by atomic mass is 15.3. The number of nitrogens with two attached hydrogens (primary N) is 6. The van der Waals surface area contributed by atoms with E-state index in [4.69, 9.17) is 34.4 Å². The molecule has 1 aromatic rings. The number of benzene rings is 1. The van der Waals surface area contributed by atoms with E-state index in [2.05, 4.69) is 30.6 Å². The lowest BCUT2D eigenvalue weighted by Gasteiger charge is -2.09. The average molecular weight is 372 g/mol. The molecule has 0 atom stereocenters. The standard InChI is InChI=1S/C15H24N12/c1-7(22-25-13(16)17)10-4-11(8(2)23-26-14(18)19)6-12(5-10)9(3)24-27-15(20)21/h4-6H,1-3H3,(H4,16,17,25)(H4,18,19,26)(H4,20,21,27)/b22-7+,23-8+,24-9+. The second-order valence-electron chi connectivity index (χ2n) is 5.43. The van der Waals surface area contributed by atoms with Gasteiger partial charge in [-0.15, -0.1) is 15.3 Å². The Kier molecular flexibility index (Phi) is 7.42. The van der Waals surface area contributed by atoms with Crippen LogP contribution in [0.5, 0.6) is 0 Å². The van der Waals surface area contributed by atoms with Crippen molar-refractivity contribution in [2.75, 3.05) is 0 Å². The van der Waals surface area contributed by atoms with Gasteiger partial charge in [0.25, 0.3) is 0 Å². The number of hydrogen-bond donors (Lipinski definition) is 6. The largest absolute Gasteiger partial charge is 0.369 e. The Morgan fingerprint density at radius 1 is 0.481 bits per heavy atom. The molecule has 0 aliphatic rings. The normalized spacial score (nSPS) is 12.3. The van der Waals surface area contributed by atoms with E-state index in [1.165, 1.54) is 0 Å². The van der Waals surface area contributed by atoms with Gasteiger partial charge in [0.15, 0.2) is 0 Å². The quantitative estimate of drug-likeness (QED) is 0.201. The van der Waals surface area contributed by atoms with Crippen LogP contribution in [-0.2, 0) is 0 Å². The highest BCUT2D eigenvalue weighted by molar-refractivity contribution is 6.08. The first-order chi connectivity index (χ1) is 12.6. The molecule has 1 aromatic carbocycles. The Labute approximate surface area is 156 Å². The molecule has 0 aliphatic heterocycles. The minimum Gasteiger partial charge on any atom is -0.369 e. The van der Waals surface area contributed by atoms with Gasteiger partial charge < -0.3 is 34.4 Å². The highest BCUT2D eigenvalue weighted by Gasteiger charge is 2.09. The van der Waals surface area contributed by atoms with Crippen LogP contribution in [0.3, 0.4) is 0 Å². The molecular weight excluding hydrogens is 348 g/mol. The van der Waals surface area contributed by atoms with Gasteiger partial charge in [0.1, 0.15) is 0 Å². The highest BCUT2D eigenvalue weighted by Crippen LogP contribution is 2.15. The van der Waals surface area contributed by atoms with Gasteiger partial charge in [-0.2, -0.15) is 15.3 Å². The van der Waals surface area contributed by atoms with Crippen molar-refractivity contribution >= 4 is 35.0 Å². The van der Waals surface area contributed by atoms with Gasteiger partial charge in [-0.05, 0) is 55.7 Å². The third kappa shape index (κ3) is 7.21. The number of nitrogens with zero attached hydrogens (tertiary/aromatic N) is 6. The molecule has 0 saturated carbocycles. The van der Waals surface area contributed by atoms with E-state index in [0.29, 0.717) is 17.1 Å². The summed E-state index contributed by atoms with van der Waals surface area (Å²) in [4.78, 5) is 0. The Morgan fingerprint density at radius 2 is 0.704 bits per heavy atom. The van der Waals surface area contributed by atoms with Gasteiger partial charge >= 0.3 is 0 Å². The monoisotopic (exact) mass is 372 g/mol. The molecule has 0 fully saturated rings. The molecule has 0 amide bonds. The summed E-state index contributed by atoms with van der Waals surface area (Å²) in [6.07, 6.45) is 0. The Morgan fingerprint density at radius 3 is 0.889 bits per heavy atom. The van der Waals surface area contributed by atoms with Crippen molar-refractivity contribution < 1.29 is 0 Å². The van der Waals surface area contributed by atoms with Crippen LogP contribution < -0.4 is 34.4 Å².